The van der Waals surface area contributed by atoms with E-state index in [0.717, 1.165) is 22.8 Å². The zero-order chi connectivity index (χ0) is 13.3. The van der Waals surface area contributed by atoms with Gasteiger partial charge in [-0.25, -0.2) is 0 Å². The Labute approximate surface area is 119 Å². The normalized spacial score (nSPS) is 19.6. The molecule has 18 heavy (non-hydrogen) atoms. The van der Waals surface area contributed by atoms with Gasteiger partial charge in [0, 0.05) is 18.2 Å². The standard InChI is InChI=1S/C14H19ClN2S/c1-9(2)12-4-3-7-17(12)13-6-5-10(14(16)18)8-11(13)15/h5-6,8-9,12H,3-4,7H2,1-2H3,(H2,16,18). The topological polar surface area (TPSA) is 29.3 Å². The molecule has 1 atom stereocenters. The van der Waals surface area contributed by atoms with Crippen molar-refractivity contribution in [3.8, 4) is 0 Å². The Morgan fingerprint density at radius 2 is 2.22 bits per heavy atom. The first-order valence-electron chi connectivity index (χ1n) is 6.36. The smallest absolute Gasteiger partial charge is 0.104 e. The quantitative estimate of drug-likeness (QED) is 0.859. The fourth-order valence-corrected chi connectivity index (χ4v) is 3.09. The number of halogens is 1. The van der Waals surface area contributed by atoms with E-state index in [1.54, 1.807) is 0 Å². The third kappa shape index (κ3) is 2.62. The fraction of sp³-hybridized carbons (Fsp3) is 0.500. The molecule has 0 aromatic heterocycles. The molecule has 0 saturated carbocycles. The predicted molar refractivity (Wildman–Crippen MR) is 82.5 cm³/mol. The molecular weight excluding hydrogens is 264 g/mol. The van der Waals surface area contributed by atoms with Crippen molar-refractivity contribution in [3.63, 3.8) is 0 Å². The van der Waals surface area contributed by atoms with Gasteiger partial charge >= 0.3 is 0 Å². The molecule has 0 amide bonds. The van der Waals surface area contributed by atoms with Gasteiger partial charge in [0.05, 0.1) is 10.7 Å². The Bertz CT molecular complexity index is 459. The lowest BCUT2D eigenvalue weighted by molar-refractivity contribution is 0.492. The molecule has 0 spiro atoms. The molecule has 1 aromatic rings. The first kappa shape index (κ1) is 13.6. The summed E-state index contributed by atoms with van der Waals surface area (Å²) < 4.78 is 0. The van der Waals surface area contributed by atoms with Gasteiger partial charge in [0.2, 0.25) is 0 Å². The van der Waals surface area contributed by atoms with Crippen LogP contribution in [0.1, 0.15) is 32.3 Å². The molecule has 1 aliphatic heterocycles. The van der Waals surface area contributed by atoms with Crippen LogP contribution >= 0.6 is 23.8 Å². The molecule has 1 heterocycles. The Kier molecular flexibility index (Phi) is 4.13. The number of benzene rings is 1. The third-order valence-corrected chi connectivity index (χ3v) is 4.15. The number of hydrogen-bond donors (Lipinski definition) is 1. The highest BCUT2D eigenvalue weighted by atomic mass is 35.5. The maximum absolute atomic E-state index is 6.37. The zero-order valence-corrected chi connectivity index (χ0v) is 12.4. The minimum atomic E-state index is 0.394. The maximum Gasteiger partial charge on any atom is 0.104 e. The predicted octanol–water partition coefficient (Wildman–Crippen LogP) is 3.60. The van der Waals surface area contributed by atoms with Crippen LogP contribution in [0.5, 0.6) is 0 Å². The molecule has 1 saturated heterocycles. The van der Waals surface area contributed by atoms with Crippen molar-refractivity contribution in [2.75, 3.05) is 11.4 Å². The lowest BCUT2D eigenvalue weighted by atomic mass is 10.0. The number of anilines is 1. The van der Waals surface area contributed by atoms with Gasteiger partial charge in [0.15, 0.2) is 0 Å². The molecule has 2 N–H and O–H groups in total. The second-order valence-corrected chi connectivity index (χ2v) is 6.02. The number of thiocarbonyl (C=S) groups is 1. The van der Waals surface area contributed by atoms with E-state index in [1.807, 2.05) is 18.2 Å². The summed E-state index contributed by atoms with van der Waals surface area (Å²) in [6, 6.07) is 6.45. The van der Waals surface area contributed by atoms with Gasteiger partial charge in [0.25, 0.3) is 0 Å². The van der Waals surface area contributed by atoms with Crippen LogP contribution in [0.3, 0.4) is 0 Å². The van der Waals surface area contributed by atoms with Crippen LogP contribution in [0.2, 0.25) is 5.02 Å². The van der Waals surface area contributed by atoms with Crippen LogP contribution in [0.4, 0.5) is 5.69 Å². The highest BCUT2D eigenvalue weighted by Crippen LogP contribution is 2.34. The number of rotatable bonds is 3. The van der Waals surface area contributed by atoms with Gasteiger partial charge in [-0.3, -0.25) is 0 Å². The first-order valence-corrected chi connectivity index (χ1v) is 7.15. The van der Waals surface area contributed by atoms with Crippen LogP contribution in [0.15, 0.2) is 18.2 Å². The minimum Gasteiger partial charge on any atom is -0.389 e. The summed E-state index contributed by atoms with van der Waals surface area (Å²) in [6.45, 7) is 5.61. The molecule has 0 bridgehead atoms. The summed E-state index contributed by atoms with van der Waals surface area (Å²) in [6.07, 6.45) is 2.47. The summed E-state index contributed by atoms with van der Waals surface area (Å²) >= 11 is 11.3. The van der Waals surface area contributed by atoms with E-state index in [2.05, 4.69) is 18.7 Å². The second kappa shape index (κ2) is 5.45. The van der Waals surface area contributed by atoms with Crippen molar-refractivity contribution >= 4 is 34.5 Å². The molecule has 0 radical (unpaired) electrons. The van der Waals surface area contributed by atoms with E-state index in [-0.39, 0.29) is 0 Å². The molecule has 1 aromatic carbocycles. The molecule has 2 rings (SSSR count). The molecule has 98 valence electrons. The Morgan fingerprint density at radius 1 is 1.50 bits per heavy atom. The zero-order valence-electron chi connectivity index (χ0n) is 10.8. The molecular formula is C14H19ClN2S. The van der Waals surface area contributed by atoms with Crippen LogP contribution < -0.4 is 10.6 Å². The van der Waals surface area contributed by atoms with E-state index in [1.165, 1.54) is 12.8 Å². The summed E-state index contributed by atoms with van der Waals surface area (Å²) in [5, 5.41) is 0.743. The van der Waals surface area contributed by atoms with E-state index in [9.17, 15) is 0 Å². The van der Waals surface area contributed by atoms with Crippen molar-refractivity contribution < 1.29 is 0 Å². The largest absolute Gasteiger partial charge is 0.389 e. The van der Waals surface area contributed by atoms with E-state index < -0.39 is 0 Å². The van der Waals surface area contributed by atoms with Crippen LogP contribution in [0, 0.1) is 5.92 Å². The van der Waals surface area contributed by atoms with E-state index in [0.29, 0.717) is 16.9 Å². The van der Waals surface area contributed by atoms with Gasteiger partial charge in [-0.1, -0.05) is 37.7 Å². The SMILES string of the molecule is CC(C)C1CCCN1c1ccc(C(N)=S)cc1Cl. The molecule has 2 nitrogen and oxygen atoms in total. The monoisotopic (exact) mass is 282 g/mol. The molecule has 1 aliphatic rings. The van der Waals surface area contributed by atoms with Gasteiger partial charge in [-0.15, -0.1) is 0 Å². The van der Waals surface area contributed by atoms with Crippen LogP contribution in [0.25, 0.3) is 0 Å². The number of nitrogens with zero attached hydrogens (tertiary/aromatic N) is 1. The van der Waals surface area contributed by atoms with Gasteiger partial charge in [0.1, 0.15) is 4.99 Å². The average molecular weight is 283 g/mol. The second-order valence-electron chi connectivity index (χ2n) is 5.18. The summed E-state index contributed by atoms with van der Waals surface area (Å²) in [5.41, 5.74) is 7.56. The number of hydrogen-bond acceptors (Lipinski definition) is 2. The van der Waals surface area contributed by atoms with Crippen molar-refractivity contribution in [2.24, 2.45) is 11.7 Å². The van der Waals surface area contributed by atoms with Crippen molar-refractivity contribution in [2.45, 2.75) is 32.7 Å². The van der Waals surface area contributed by atoms with Crippen LogP contribution in [-0.2, 0) is 0 Å². The Morgan fingerprint density at radius 3 is 2.78 bits per heavy atom. The average Bonchev–Trinajstić information content (AvgIpc) is 2.77. The van der Waals surface area contributed by atoms with Gasteiger partial charge < -0.3 is 10.6 Å². The van der Waals surface area contributed by atoms with Gasteiger partial charge in [-0.05, 0) is 37.0 Å². The Hall–Kier alpha value is -0.800. The summed E-state index contributed by atoms with van der Waals surface area (Å²) in [4.78, 5) is 2.81. The summed E-state index contributed by atoms with van der Waals surface area (Å²) in [7, 11) is 0. The van der Waals surface area contributed by atoms with Crippen LogP contribution in [-0.4, -0.2) is 17.6 Å². The van der Waals surface area contributed by atoms with Crippen molar-refractivity contribution in [1.29, 1.82) is 0 Å². The fourth-order valence-electron chi connectivity index (χ4n) is 2.68. The first-order chi connectivity index (χ1) is 8.50. The molecule has 4 heteroatoms. The van der Waals surface area contributed by atoms with Crippen molar-refractivity contribution in [1.82, 2.24) is 0 Å². The van der Waals surface area contributed by atoms with Crippen molar-refractivity contribution in [3.05, 3.63) is 28.8 Å². The lowest BCUT2D eigenvalue weighted by Crippen LogP contribution is -2.33. The molecule has 1 unspecified atom stereocenters. The Balaban J connectivity index is 2.31. The minimum absolute atomic E-state index is 0.394. The highest BCUT2D eigenvalue weighted by molar-refractivity contribution is 7.80. The lowest BCUT2D eigenvalue weighted by Gasteiger charge is -2.30. The van der Waals surface area contributed by atoms with E-state index in [4.69, 9.17) is 29.6 Å². The number of nitrogens with two attached hydrogens (primary N) is 1. The maximum atomic E-state index is 6.37. The molecule has 1 fully saturated rings. The molecule has 0 aliphatic carbocycles. The highest BCUT2D eigenvalue weighted by Gasteiger charge is 2.28. The van der Waals surface area contributed by atoms with Gasteiger partial charge in [-0.2, -0.15) is 0 Å². The summed E-state index contributed by atoms with van der Waals surface area (Å²) in [5.74, 6) is 0.638. The van der Waals surface area contributed by atoms with E-state index >= 15 is 0 Å². The third-order valence-electron chi connectivity index (χ3n) is 3.61.